The zero-order valence-electron chi connectivity index (χ0n) is 11.3. The highest BCUT2D eigenvalue weighted by Crippen LogP contribution is 1.96. The van der Waals surface area contributed by atoms with Crippen LogP contribution in [0.25, 0.3) is 0 Å². The van der Waals surface area contributed by atoms with Gasteiger partial charge in [-0.25, -0.2) is 4.79 Å². The van der Waals surface area contributed by atoms with Gasteiger partial charge in [-0.05, 0) is 32.7 Å². The Labute approximate surface area is 104 Å². The Bertz CT molecular complexity index is 367. The number of nitrogens with one attached hydrogen (secondary N) is 1. The Morgan fingerprint density at radius 2 is 1.82 bits per heavy atom. The highest BCUT2D eigenvalue weighted by molar-refractivity contribution is 4.81. The van der Waals surface area contributed by atoms with Gasteiger partial charge in [0.05, 0.1) is 0 Å². The Morgan fingerprint density at radius 3 is 2.41 bits per heavy atom. The van der Waals surface area contributed by atoms with Gasteiger partial charge in [-0.2, -0.15) is 0 Å². The van der Waals surface area contributed by atoms with Crippen molar-refractivity contribution in [3.8, 4) is 0 Å². The van der Waals surface area contributed by atoms with Gasteiger partial charge in [0.25, 0.3) is 0 Å². The number of hydrogen-bond acceptors (Lipinski definition) is 2. The Kier molecular flexibility index (Phi) is 6.05. The van der Waals surface area contributed by atoms with Gasteiger partial charge in [0.2, 0.25) is 0 Å². The lowest BCUT2D eigenvalue weighted by Crippen LogP contribution is -2.30. The van der Waals surface area contributed by atoms with Gasteiger partial charge in [-0.3, -0.25) is 9.13 Å². The van der Waals surface area contributed by atoms with Crippen LogP contribution in [0.15, 0.2) is 17.2 Å². The summed E-state index contributed by atoms with van der Waals surface area (Å²) in [5, 5.41) is 3.43. The molecule has 0 saturated carbocycles. The molecule has 0 aliphatic rings. The second-order valence-electron chi connectivity index (χ2n) is 4.61. The summed E-state index contributed by atoms with van der Waals surface area (Å²) in [4.78, 5) is 11.9. The van der Waals surface area contributed by atoms with Crippen LogP contribution in [0.4, 0.5) is 0 Å². The molecule has 1 unspecified atom stereocenters. The van der Waals surface area contributed by atoms with E-state index >= 15 is 0 Å². The molecule has 1 N–H and O–H groups in total. The second-order valence-corrected chi connectivity index (χ2v) is 4.61. The van der Waals surface area contributed by atoms with E-state index in [1.165, 1.54) is 0 Å². The number of rotatable bonds is 8. The monoisotopic (exact) mass is 239 g/mol. The Balaban J connectivity index is 2.44. The van der Waals surface area contributed by atoms with Crippen molar-refractivity contribution in [3.63, 3.8) is 0 Å². The Morgan fingerprint density at radius 1 is 1.18 bits per heavy atom. The van der Waals surface area contributed by atoms with E-state index in [0.29, 0.717) is 6.04 Å². The topological polar surface area (TPSA) is 39.0 Å². The molecule has 17 heavy (non-hydrogen) atoms. The highest BCUT2D eigenvalue weighted by atomic mass is 16.1. The van der Waals surface area contributed by atoms with Crippen LogP contribution >= 0.6 is 0 Å². The maximum absolute atomic E-state index is 11.9. The van der Waals surface area contributed by atoms with Crippen molar-refractivity contribution >= 4 is 0 Å². The molecule has 1 rings (SSSR count). The molecule has 0 fully saturated rings. The summed E-state index contributed by atoms with van der Waals surface area (Å²) < 4.78 is 3.59. The minimum Gasteiger partial charge on any atom is -0.314 e. The van der Waals surface area contributed by atoms with Crippen molar-refractivity contribution < 1.29 is 0 Å². The van der Waals surface area contributed by atoms with Crippen LogP contribution in [-0.4, -0.2) is 21.7 Å². The van der Waals surface area contributed by atoms with Gasteiger partial charge in [0, 0.05) is 31.5 Å². The predicted molar refractivity (Wildman–Crippen MR) is 71.4 cm³/mol. The first-order chi connectivity index (χ1) is 8.19. The molecule has 1 heterocycles. The maximum atomic E-state index is 11.9. The van der Waals surface area contributed by atoms with Crippen molar-refractivity contribution in [2.24, 2.45) is 0 Å². The van der Waals surface area contributed by atoms with Crippen LogP contribution in [0.3, 0.4) is 0 Å². The third kappa shape index (κ3) is 4.38. The highest BCUT2D eigenvalue weighted by Gasteiger charge is 2.05. The molecule has 1 aromatic heterocycles. The van der Waals surface area contributed by atoms with E-state index in [1.54, 1.807) is 9.13 Å². The molecular formula is C13H25N3O. The van der Waals surface area contributed by atoms with Crippen LogP contribution in [0.5, 0.6) is 0 Å². The first-order valence-electron chi connectivity index (χ1n) is 6.68. The fourth-order valence-corrected chi connectivity index (χ4v) is 1.86. The number of aromatic nitrogens is 2. The van der Waals surface area contributed by atoms with Crippen LogP contribution in [0.2, 0.25) is 0 Å². The summed E-state index contributed by atoms with van der Waals surface area (Å²) in [5.41, 5.74) is 0.120. The van der Waals surface area contributed by atoms with Crippen molar-refractivity contribution in [1.29, 1.82) is 0 Å². The van der Waals surface area contributed by atoms with Gasteiger partial charge in [-0.15, -0.1) is 0 Å². The minimum absolute atomic E-state index is 0.120. The zero-order chi connectivity index (χ0) is 12.7. The number of hydrogen-bond donors (Lipinski definition) is 1. The molecule has 1 atom stereocenters. The van der Waals surface area contributed by atoms with Gasteiger partial charge < -0.3 is 5.32 Å². The first kappa shape index (κ1) is 14.0. The standard InChI is InChI=1S/C13H25N3O/c1-4-7-14-12(3)6-9-16-11-10-15(8-5-2)13(16)17/h10-12,14H,4-9H2,1-3H3. The van der Waals surface area contributed by atoms with E-state index in [4.69, 9.17) is 0 Å². The predicted octanol–water partition coefficient (Wildman–Crippen LogP) is 1.84. The molecule has 0 aliphatic heterocycles. The Hall–Kier alpha value is -1.03. The summed E-state index contributed by atoms with van der Waals surface area (Å²) in [6.07, 6.45) is 6.92. The number of imidazole rings is 1. The molecule has 0 bridgehead atoms. The number of aryl methyl sites for hydroxylation is 2. The first-order valence-corrected chi connectivity index (χ1v) is 6.68. The molecule has 0 saturated heterocycles. The normalized spacial score (nSPS) is 12.9. The van der Waals surface area contributed by atoms with Crippen LogP contribution in [0.1, 0.15) is 40.0 Å². The average molecular weight is 239 g/mol. The van der Waals surface area contributed by atoms with Crippen molar-refractivity contribution in [3.05, 3.63) is 22.9 Å². The van der Waals surface area contributed by atoms with Crippen LogP contribution in [-0.2, 0) is 13.1 Å². The van der Waals surface area contributed by atoms with E-state index in [9.17, 15) is 4.79 Å². The van der Waals surface area contributed by atoms with E-state index in [-0.39, 0.29) is 5.69 Å². The fourth-order valence-electron chi connectivity index (χ4n) is 1.86. The fraction of sp³-hybridized carbons (Fsp3) is 0.769. The molecule has 0 aromatic carbocycles. The molecule has 4 nitrogen and oxygen atoms in total. The van der Waals surface area contributed by atoms with Crippen LogP contribution < -0.4 is 11.0 Å². The summed E-state index contributed by atoms with van der Waals surface area (Å²) >= 11 is 0. The molecule has 0 aliphatic carbocycles. The second kappa shape index (κ2) is 7.33. The smallest absolute Gasteiger partial charge is 0.314 e. The summed E-state index contributed by atoms with van der Waals surface area (Å²) in [7, 11) is 0. The molecule has 1 aromatic rings. The lowest BCUT2D eigenvalue weighted by Gasteiger charge is -2.12. The van der Waals surface area contributed by atoms with E-state index < -0.39 is 0 Å². The molecule has 0 spiro atoms. The molecular weight excluding hydrogens is 214 g/mol. The van der Waals surface area contributed by atoms with E-state index in [2.05, 4.69) is 26.1 Å². The van der Waals surface area contributed by atoms with Crippen molar-refractivity contribution in [2.45, 2.75) is 59.2 Å². The molecule has 0 radical (unpaired) electrons. The third-order valence-corrected chi connectivity index (χ3v) is 2.93. The molecule has 0 amide bonds. The van der Waals surface area contributed by atoms with Gasteiger partial charge >= 0.3 is 5.69 Å². The third-order valence-electron chi connectivity index (χ3n) is 2.93. The lowest BCUT2D eigenvalue weighted by atomic mass is 10.2. The van der Waals surface area contributed by atoms with Crippen molar-refractivity contribution in [1.82, 2.24) is 14.5 Å². The quantitative estimate of drug-likeness (QED) is 0.752. The van der Waals surface area contributed by atoms with E-state index in [1.807, 2.05) is 12.4 Å². The largest absolute Gasteiger partial charge is 0.328 e. The number of nitrogens with zero attached hydrogens (tertiary/aromatic N) is 2. The van der Waals surface area contributed by atoms with E-state index in [0.717, 1.165) is 38.9 Å². The molecule has 98 valence electrons. The van der Waals surface area contributed by atoms with Crippen LogP contribution in [0, 0.1) is 0 Å². The maximum Gasteiger partial charge on any atom is 0.328 e. The average Bonchev–Trinajstić information content (AvgIpc) is 2.66. The van der Waals surface area contributed by atoms with Gasteiger partial charge in [-0.1, -0.05) is 13.8 Å². The van der Waals surface area contributed by atoms with Crippen molar-refractivity contribution in [2.75, 3.05) is 6.54 Å². The SMILES string of the molecule is CCCNC(C)CCn1ccn(CCC)c1=O. The summed E-state index contributed by atoms with van der Waals surface area (Å²) in [5.74, 6) is 0. The molecule has 4 heteroatoms. The van der Waals surface area contributed by atoms with Gasteiger partial charge in [0.1, 0.15) is 0 Å². The minimum atomic E-state index is 0.120. The summed E-state index contributed by atoms with van der Waals surface area (Å²) in [6.45, 7) is 9.08. The lowest BCUT2D eigenvalue weighted by molar-refractivity contribution is 0.467. The zero-order valence-corrected chi connectivity index (χ0v) is 11.3. The summed E-state index contributed by atoms with van der Waals surface area (Å²) in [6, 6.07) is 0.469. The van der Waals surface area contributed by atoms with Gasteiger partial charge in [0.15, 0.2) is 0 Å².